The summed E-state index contributed by atoms with van der Waals surface area (Å²) in [5.41, 5.74) is 6.82. The first-order valence-electron chi connectivity index (χ1n) is 5.54. The van der Waals surface area contributed by atoms with Crippen LogP contribution in [0.4, 0.5) is 4.39 Å². The maximum atomic E-state index is 13.0. The van der Waals surface area contributed by atoms with Crippen LogP contribution in [-0.2, 0) is 0 Å². The molecule has 2 aromatic carbocycles. The minimum absolute atomic E-state index is 0.0532. The zero-order valence-electron chi connectivity index (χ0n) is 9.86. The van der Waals surface area contributed by atoms with Crippen molar-refractivity contribution in [2.75, 3.05) is 0 Å². The van der Waals surface area contributed by atoms with Gasteiger partial charge in [0, 0.05) is 16.6 Å². The van der Waals surface area contributed by atoms with Crippen LogP contribution in [0.25, 0.3) is 0 Å². The van der Waals surface area contributed by atoms with Crippen LogP contribution in [0.15, 0.2) is 46.9 Å². The van der Waals surface area contributed by atoms with Crippen molar-refractivity contribution in [1.29, 1.82) is 0 Å². The summed E-state index contributed by atoms with van der Waals surface area (Å²) in [6.07, 6.45) is 0. The molecule has 0 fully saturated rings. The van der Waals surface area contributed by atoms with Crippen LogP contribution in [-0.4, -0.2) is 0 Å². The number of nitrogens with two attached hydrogens (primary N) is 1. The van der Waals surface area contributed by atoms with Gasteiger partial charge in [-0.2, -0.15) is 0 Å². The Kier molecular flexibility index (Phi) is 3.99. The van der Waals surface area contributed by atoms with E-state index in [0.29, 0.717) is 11.5 Å². The molecule has 0 spiro atoms. The summed E-state index contributed by atoms with van der Waals surface area (Å²) in [7, 11) is 0. The highest BCUT2D eigenvalue weighted by molar-refractivity contribution is 9.10. The van der Waals surface area contributed by atoms with E-state index in [0.717, 1.165) is 10.0 Å². The quantitative estimate of drug-likeness (QED) is 0.912. The first kappa shape index (κ1) is 13.1. The lowest BCUT2D eigenvalue weighted by molar-refractivity contribution is 0.476. The van der Waals surface area contributed by atoms with Crippen LogP contribution in [0, 0.1) is 5.82 Å². The summed E-state index contributed by atoms with van der Waals surface area (Å²) in [6.45, 7) is 1.91. The molecule has 18 heavy (non-hydrogen) atoms. The average molecular weight is 310 g/mol. The minimum atomic E-state index is -0.321. The smallest absolute Gasteiger partial charge is 0.130 e. The maximum absolute atomic E-state index is 13.0. The third-order valence-corrected chi connectivity index (χ3v) is 3.18. The average Bonchev–Trinajstić information content (AvgIpc) is 2.28. The third-order valence-electron chi connectivity index (χ3n) is 2.49. The number of hydrogen-bond acceptors (Lipinski definition) is 2. The van der Waals surface area contributed by atoms with Gasteiger partial charge in [-0.05, 0) is 36.8 Å². The SMILES string of the molecule is C[C@H](N)c1ccc(Oc2cccc(F)c2)cc1Br. The Labute approximate surface area is 114 Å². The Bertz CT molecular complexity index is 557. The molecule has 0 unspecified atom stereocenters. The Balaban J connectivity index is 2.23. The lowest BCUT2D eigenvalue weighted by atomic mass is 10.1. The van der Waals surface area contributed by atoms with E-state index >= 15 is 0 Å². The second-order valence-electron chi connectivity index (χ2n) is 4.03. The zero-order chi connectivity index (χ0) is 13.1. The summed E-state index contributed by atoms with van der Waals surface area (Å²) in [5, 5.41) is 0. The first-order chi connectivity index (χ1) is 8.56. The van der Waals surface area contributed by atoms with E-state index < -0.39 is 0 Å². The van der Waals surface area contributed by atoms with Crippen molar-refractivity contribution in [3.63, 3.8) is 0 Å². The summed E-state index contributed by atoms with van der Waals surface area (Å²) < 4.78 is 19.5. The molecule has 0 saturated carbocycles. The summed E-state index contributed by atoms with van der Waals surface area (Å²) >= 11 is 3.44. The normalized spacial score (nSPS) is 12.2. The monoisotopic (exact) mass is 309 g/mol. The van der Waals surface area contributed by atoms with E-state index in [1.54, 1.807) is 12.1 Å². The van der Waals surface area contributed by atoms with Crippen LogP contribution in [0.3, 0.4) is 0 Å². The molecule has 4 heteroatoms. The molecular weight excluding hydrogens is 297 g/mol. The van der Waals surface area contributed by atoms with Crippen molar-refractivity contribution in [3.8, 4) is 11.5 Å². The molecule has 2 nitrogen and oxygen atoms in total. The van der Waals surface area contributed by atoms with Gasteiger partial charge in [0.2, 0.25) is 0 Å². The highest BCUT2D eigenvalue weighted by Crippen LogP contribution is 2.29. The molecule has 0 heterocycles. The van der Waals surface area contributed by atoms with Gasteiger partial charge in [-0.15, -0.1) is 0 Å². The van der Waals surface area contributed by atoms with Crippen LogP contribution in [0.5, 0.6) is 11.5 Å². The number of benzene rings is 2. The molecular formula is C14H13BrFNO. The van der Waals surface area contributed by atoms with Crippen molar-refractivity contribution in [1.82, 2.24) is 0 Å². The summed E-state index contributed by atoms with van der Waals surface area (Å²) in [4.78, 5) is 0. The van der Waals surface area contributed by atoms with Crippen LogP contribution in [0.2, 0.25) is 0 Å². The molecule has 1 atom stereocenters. The van der Waals surface area contributed by atoms with Crippen LogP contribution in [0.1, 0.15) is 18.5 Å². The molecule has 94 valence electrons. The lowest BCUT2D eigenvalue weighted by Crippen LogP contribution is -2.05. The van der Waals surface area contributed by atoms with E-state index in [1.807, 2.05) is 25.1 Å². The fourth-order valence-electron chi connectivity index (χ4n) is 1.61. The molecule has 0 aliphatic heterocycles. The second kappa shape index (κ2) is 5.50. The van der Waals surface area contributed by atoms with Gasteiger partial charge in [-0.25, -0.2) is 4.39 Å². The lowest BCUT2D eigenvalue weighted by Gasteiger charge is -2.11. The van der Waals surface area contributed by atoms with Crippen LogP contribution < -0.4 is 10.5 Å². The number of hydrogen-bond donors (Lipinski definition) is 1. The Morgan fingerprint density at radius 1 is 1.17 bits per heavy atom. The van der Waals surface area contributed by atoms with Crippen molar-refractivity contribution in [3.05, 3.63) is 58.3 Å². The molecule has 0 bridgehead atoms. The minimum Gasteiger partial charge on any atom is -0.457 e. The largest absolute Gasteiger partial charge is 0.457 e. The highest BCUT2D eigenvalue weighted by Gasteiger charge is 2.07. The van der Waals surface area contributed by atoms with Crippen molar-refractivity contribution < 1.29 is 9.13 Å². The summed E-state index contributed by atoms with van der Waals surface area (Å²) in [5.74, 6) is 0.783. The maximum Gasteiger partial charge on any atom is 0.130 e. The van der Waals surface area contributed by atoms with Crippen molar-refractivity contribution in [2.24, 2.45) is 5.73 Å². The van der Waals surface area contributed by atoms with Crippen molar-refractivity contribution in [2.45, 2.75) is 13.0 Å². The van der Waals surface area contributed by atoms with Gasteiger partial charge in [0.05, 0.1) is 0 Å². The highest BCUT2D eigenvalue weighted by atomic mass is 79.9. The third kappa shape index (κ3) is 3.09. The Morgan fingerprint density at radius 2 is 1.89 bits per heavy atom. The van der Waals surface area contributed by atoms with Crippen LogP contribution >= 0.6 is 15.9 Å². The van der Waals surface area contributed by atoms with Crippen molar-refractivity contribution >= 4 is 15.9 Å². The molecule has 2 N–H and O–H groups in total. The topological polar surface area (TPSA) is 35.2 Å². The van der Waals surface area contributed by atoms with E-state index in [-0.39, 0.29) is 11.9 Å². The standard InChI is InChI=1S/C14H13BrFNO/c1-9(17)13-6-5-12(8-14(13)15)18-11-4-2-3-10(16)7-11/h2-9H,17H2,1H3/t9-/m0/s1. The number of halogens is 2. The van der Waals surface area contributed by atoms with Gasteiger partial charge in [-0.1, -0.05) is 28.1 Å². The van der Waals surface area contributed by atoms with Gasteiger partial charge in [-0.3, -0.25) is 0 Å². The van der Waals surface area contributed by atoms with E-state index in [1.165, 1.54) is 12.1 Å². The zero-order valence-corrected chi connectivity index (χ0v) is 11.4. The fourth-order valence-corrected chi connectivity index (χ4v) is 2.33. The molecule has 0 aliphatic carbocycles. The molecule has 0 amide bonds. The van der Waals surface area contributed by atoms with E-state index in [9.17, 15) is 4.39 Å². The molecule has 0 aliphatic rings. The molecule has 2 aromatic rings. The van der Waals surface area contributed by atoms with Gasteiger partial charge in [0.1, 0.15) is 17.3 Å². The van der Waals surface area contributed by atoms with E-state index in [4.69, 9.17) is 10.5 Å². The van der Waals surface area contributed by atoms with Gasteiger partial charge < -0.3 is 10.5 Å². The van der Waals surface area contributed by atoms with Gasteiger partial charge in [0.15, 0.2) is 0 Å². The summed E-state index contributed by atoms with van der Waals surface area (Å²) in [6, 6.07) is 11.5. The second-order valence-corrected chi connectivity index (χ2v) is 4.89. The molecule has 0 aromatic heterocycles. The molecule has 0 radical (unpaired) electrons. The number of rotatable bonds is 3. The molecule has 2 rings (SSSR count). The number of ether oxygens (including phenoxy) is 1. The Hall–Kier alpha value is -1.39. The van der Waals surface area contributed by atoms with Gasteiger partial charge >= 0.3 is 0 Å². The van der Waals surface area contributed by atoms with Gasteiger partial charge in [0.25, 0.3) is 0 Å². The predicted octanol–water partition coefficient (Wildman–Crippen LogP) is 4.40. The molecule has 0 saturated heterocycles. The fraction of sp³-hybridized carbons (Fsp3) is 0.143. The first-order valence-corrected chi connectivity index (χ1v) is 6.34. The predicted molar refractivity (Wildman–Crippen MR) is 73.2 cm³/mol. The van der Waals surface area contributed by atoms with E-state index in [2.05, 4.69) is 15.9 Å². The Morgan fingerprint density at radius 3 is 2.50 bits per heavy atom.